The average Bonchev–Trinajstić information content (AvgIpc) is 2.76. The standard InChI is InChI=1S/C19H30N2O/c1-15(2)16(3)20-19(22)18-10-8-17(9-11-18)14-21-12-6-4-5-7-13-21/h8-11,15-16H,4-7,12-14H2,1-3H3,(H,20,22)/t16-/m1/s1. The van der Waals surface area contributed by atoms with Crippen LogP contribution in [0.2, 0.25) is 0 Å². The van der Waals surface area contributed by atoms with E-state index in [4.69, 9.17) is 0 Å². The third-order valence-electron chi connectivity index (χ3n) is 4.68. The van der Waals surface area contributed by atoms with Crippen LogP contribution in [-0.4, -0.2) is 29.9 Å². The number of carbonyl (C=O) groups is 1. The quantitative estimate of drug-likeness (QED) is 0.896. The first kappa shape index (κ1) is 17.0. The molecule has 1 aromatic carbocycles. The first-order valence-corrected chi connectivity index (χ1v) is 8.68. The average molecular weight is 302 g/mol. The second kappa shape index (κ2) is 8.33. The Morgan fingerprint density at radius 1 is 1.05 bits per heavy atom. The highest BCUT2D eigenvalue weighted by Crippen LogP contribution is 2.14. The lowest BCUT2D eigenvalue weighted by molar-refractivity contribution is 0.0930. The molecule has 1 fully saturated rings. The van der Waals surface area contributed by atoms with Crippen molar-refractivity contribution in [1.29, 1.82) is 0 Å². The molecule has 1 aromatic rings. The summed E-state index contributed by atoms with van der Waals surface area (Å²) in [6.07, 6.45) is 5.36. The highest BCUT2D eigenvalue weighted by atomic mass is 16.1. The lowest BCUT2D eigenvalue weighted by Gasteiger charge is -2.20. The third-order valence-corrected chi connectivity index (χ3v) is 4.68. The Labute approximate surface area is 135 Å². The van der Waals surface area contributed by atoms with E-state index in [1.165, 1.54) is 44.3 Å². The fourth-order valence-electron chi connectivity index (χ4n) is 2.77. The van der Waals surface area contributed by atoms with E-state index in [1.807, 2.05) is 12.1 Å². The predicted molar refractivity (Wildman–Crippen MR) is 92.0 cm³/mol. The molecule has 1 aliphatic heterocycles. The summed E-state index contributed by atoms with van der Waals surface area (Å²) in [6, 6.07) is 8.30. The maximum atomic E-state index is 12.2. The van der Waals surface area contributed by atoms with E-state index >= 15 is 0 Å². The molecule has 1 amide bonds. The summed E-state index contributed by atoms with van der Waals surface area (Å²) in [5, 5.41) is 3.06. The lowest BCUT2D eigenvalue weighted by atomic mass is 10.1. The number of nitrogens with zero attached hydrogens (tertiary/aromatic N) is 1. The Morgan fingerprint density at radius 3 is 2.18 bits per heavy atom. The zero-order valence-electron chi connectivity index (χ0n) is 14.3. The van der Waals surface area contributed by atoms with Crippen molar-refractivity contribution >= 4 is 5.91 Å². The molecule has 0 aliphatic carbocycles. The van der Waals surface area contributed by atoms with Crippen molar-refractivity contribution in [3.8, 4) is 0 Å². The zero-order chi connectivity index (χ0) is 15.9. The summed E-state index contributed by atoms with van der Waals surface area (Å²) in [7, 11) is 0. The van der Waals surface area contributed by atoms with E-state index in [2.05, 4.69) is 43.1 Å². The summed E-state index contributed by atoms with van der Waals surface area (Å²) >= 11 is 0. The topological polar surface area (TPSA) is 32.3 Å². The largest absolute Gasteiger partial charge is 0.349 e. The summed E-state index contributed by atoms with van der Waals surface area (Å²) in [4.78, 5) is 14.7. The molecule has 1 atom stereocenters. The fraction of sp³-hybridized carbons (Fsp3) is 0.632. The minimum atomic E-state index is 0.0301. The zero-order valence-corrected chi connectivity index (χ0v) is 14.3. The van der Waals surface area contributed by atoms with Crippen LogP contribution in [0.15, 0.2) is 24.3 Å². The minimum Gasteiger partial charge on any atom is -0.349 e. The van der Waals surface area contributed by atoms with Crippen molar-refractivity contribution in [2.24, 2.45) is 5.92 Å². The van der Waals surface area contributed by atoms with Crippen molar-refractivity contribution < 1.29 is 4.79 Å². The van der Waals surface area contributed by atoms with Gasteiger partial charge in [-0.3, -0.25) is 9.69 Å². The van der Waals surface area contributed by atoms with Crippen LogP contribution in [0.1, 0.15) is 62.4 Å². The van der Waals surface area contributed by atoms with Gasteiger partial charge in [-0.05, 0) is 56.5 Å². The fourth-order valence-corrected chi connectivity index (χ4v) is 2.77. The molecule has 22 heavy (non-hydrogen) atoms. The maximum Gasteiger partial charge on any atom is 0.251 e. The van der Waals surface area contributed by atoms with Crippen molar-refractivity contribution in [3.05, 3.63) is 35.4 Å². The number of benzene rings is 1. The molecular weight excluding hydrogens is 272 g/mol. The van der Waals surface area contributed by atoms with Gasteiger partial charge in [0.2, 0.25) is 0 Å². The van der Waals surface area contributed by atoms with Gasteiger partial charge in [0.1, 0.15) is 0 Å². The van der Waals surface area contributed by atoms with E-state index in [0.29, 0.717) is 5.92 Å². The molecule has 3 nitrogen and oxygen atoms in total. The number of hydrogen-bond acceptors (Lipinski definition) is 2. The van der Waals surface area contributed by atoms with Crippen LogP contribution in [0.25, 0.3) is 0 Å². The van der Waals surface area contributed by atoms with Gasteiger partial charge in [0, 0.05) is 18.2 Å². The van der Waals surface area contributed by atoms with Crippen LogP contribution in [0.4, 0.5) is 0 Å². The molecule has 122 valence electrons. The van der Waals surface area contributed by atoms with Gasteiger partial charge < -0.3 is 5.32 Å². The number of hydrogen-bond donors (Lipinski definition) is 1. The molecule has 1 saturated heterocycles. The Morgan fingerprint density at radius 2 is 1.64 bits per heavy atom. The van der Waals surface area contributed by atoms with Crippen LogP contribution >= 0.6 is 0 Å². The molecule has 1 N–H and O–H groups in total. The summed E-state index contributed by atoms with van der Waals surface area (Å²) in [6.45, 7) is 9.70. The molecule has 0 radical (unpaired) electrons. The number of rotatable bonds is 5. The maximum absolute atomic E-state index is 12.2. The smallest absolute Gasteiger partial charge is 0.251 e. The van der Waals surface area contributed by atoms with E-state index in [9.17, 15) is 4.79 Å². The van der Waals surface area contributed by atoms with Gasteiger partial charge in [-0.2, -0.15) is 0 Å². The molecule has 0 aromatic heterocycles. The van der Waals surface area contributed by atoms with E-state index < -0.39 is 0 Å². The Hall–Kier alpha value is -1.35. The van der Waals surface area contributed by atoms with E-state index in [-0.39, 0.29) is 11.9 Å². The van der Waals surface area contributed by atoms with Gasteiger partial charge in [0.15, 0.2) is 0 Å². The van der Waals surface area contributed by atoms with Gasteiger partial charge in [0.25, 0.3) is 5.91 Å². The summed E-state index contributed by atoms with van der Waals surface area (Å²) in [5.74, 6) is 0.480. The summed E-state index contributed by atoms with van der Waals surface area (Å²) in [5.41, 5.74) is 2.06. The van der Waals surface area contributed by atoms with Crippen molar-refractivity contribution in [2.75, 3.05) is 13.1 Å². The third kappa shape index (κ3) is 5.13. The highest BCUT2D eigenvalue weighted by molar-refractivity contribution is 5.94. The van der Waals surface area contributed by atoms with E-state index in [0.717, 1.165) is 12.1 Å². The molecule has 0 bridgehead atoms. The molecule has 1 heterocycles. The van der Waals surface area contributed by atoms with Crippen molar-refractivity contribution in [2.45, 2.75) is 59.0 Å². The Bertz CT molecular complexity index is 459. The number of carbonyl (C=O) groups excluding carboxylic acids is 1. The van der Waals surface area contributed by atoms with Gasteiger partial charge in [-0.15, -0.1) is 0 Å². The SMILES string of the molecule is CC(C)[C@@H](C)NC(=O)c1ccc(CN2CCCCCC2)cc1. The lowest BCUT2D eigenvalue weighted by Crippen LogP contribution is -2.36. The van der Waals surface area contributed by atoms with Crippen LogP contribution in [-0.2, 0) is 6.54 Å². The predicted octanol–water partition coefficient (Wildman–Crippen LogP) is 3.84. The van der Waals surface area contributed by atoms with Crippen LogP contribution in [0, 0.1) is 5.92 Å². The Kier molecular flexibility index (Phi) is 6.44. The van der Waals surface area contributed by atoms with E-state index in [1.54, 1.807) is 0 Å². The molecule has 0 spiro atoms. The van der Waals surface area contributed by atoms with Crippen LogP contribution in [0.3, 0.4) is 0 Å². The highest BCUT2D eigenvalue weighted by Gasteiger charge is 2.13. The second-order valence-electron chi connectivity index (χ2n) is 6.89. The number of nitrogens with one attached hydrogen (secondary N) is 1. The van der Waals surface area contributed by atoms with Gasteiger partial charge in [-0.1, -0.05) is 38.8 Å². The van der Waals surface area contributed by atoms with Gasteiger partial charge >= 0.3 is 0 Å². The normalized spacial score (nSPS) is 18.0. The molecule has 0 unspecified atom stereocenters. The van der Waals surface area contributed by atoms with Crippen molar-refractivity contribution in [3.63, 3.8) is 0 Å². The van der Waals surface area contributed by atoms with Crippen molar-refractivity contribution in [1.82, 2.24) is 10.2 Å². The first-order chi connectivity index (χ1) is 10.6. The number of amides is 1. The summed E-state index contributed by atoms with van der Waals surface area (Å²) < 4.78 is 0. The Balaban J connectivity index is 1.90. The monoisotopic (exact) mass is 302 g/mol. The van der Waals surface area contributed by atoms with Crippen LogP contribution in [0.5, 0.6) is 0 Å². The molecule has 2 rings (SSSR count). The number of likely N-dealkylation sites (tertiary alicyclic amines) is 1. The molecule has 3 heteroatoms. The molecular formula is C19H30N2O. The second-order valence-corrected chi connectivity index (χ2v) is 6.89. The first-order valence-electron chi connectivity index (χ1n) is 8.68. The van der Waals surface area contributed by atoms with Gasteiger partial charge in [0.05, 0.1) is 0 Å². The minimum absolute atomic E-state index is 0.0301. The van der Waals surface area contributed by atoms with Crippen LogP contribution < -0.4 is 5.32 Å². The van der Waals surface area contributed by atoms with Gasteiger partial charge in [-0.25, -0.2) is 0 Å². The molecule has 0 saturated carbocycles. The molecule has 1 aliphatic rings.